The van der Waals surface area contributed by atoms with Gasteiger partial charge in [-0.3, -0.25) is 4.79 Å². The van der Waals surface area contributed by atoms with Crippen LogP contribution in [0.15, 0.2) is 55.2 Å². The molecule has 122 valence electrons. The van der Waals surface area contributed by atoms with Gasteiger partial charge in [-0.1, -0.05) is 12.1 Å². The van der Waals surface area contributed by atoms with E-state index in [2.05, 4.69) is 20.4 Å². The Hall–Kier alpha value is -3.22. The highest BCUT2D eigenvalue weighted by Crippen LogP contribution is 2.13. The molecule has 0 atom stereocenters. The second-order valence-electron chi connectivity index (χ2n) is 5.21. The molecule has 0 aliphatic heterocycles. The summed E-state index contributed by atoms with van der Waals surface area (Å²) in [5.74, 6) is 1.27. The molecule has 3 aromatic rings. The third-order valence-corrected chi connectivity index (χ3v) is 3.27. The van der Waals surface area contributed by atoms with E-state index in [1.165, 1.54) is 6.33 Å². The molecule has 0 bridgehead atoms. The molecule has 0 saturated heterocycles. The van der Waals surface area contributed by atoms with Gasteiger partial charge in [0.1, 0.15) is 18.4 Å². The average molecular weight is 323 g/mol. The summed E-state index contributed by atoms with van der Waals surface area (Å²) in [6.07, 6.45) is 4.84. The largest absolute Gasteiger partial charge is 0.493 e. The van der Waals surface area contributed by atoms with Crippen LogP contribution in [0.4, 0.5) is 5.69 Å². The molecule has 3 rings (SSSR count). The maximum absolute atomic E-state index is 11.9. The molecule has 2 aromatic heterocycles. The van der Waals surface area contributed by atoms with Crippen LogP contribution in [0.5, 0.6) is 5.75 Å². The van der Waals surface area contributed by atoms with Gasteiger partial charge in [-0.15, -0.1) is 0 Å². The molecule has 24 heavy (non-hydrogen) atoms. The second-order valence-corrected chi connectivity index (χ2v) is 5.21. The van der Waals surface area contributed by atoms with Crippen LogP contribution in [0.3, 0.4) is 0 Å². The van der Waals surface area contributed by atoms with Crippen LogP contribution in [-0.4, -0.2) is 32.3 Å². The number of rotatable bonds is 6. The van der Waals surface area contributed by atoms with Crippen molar-refractivity contribution in [2.24, 2.45) is 0 Å². The third-order valence-electron chi connectivity index (χ3n) is 3.27. The van der Waals surface area contributed by atoms with Gasteiger partial charge in [0.05, 0.1) is 24.9 Å². The van der Waals surface area contributed by atoms with Gasteiger partial charge in [0.25, 0.3) is 0 Å². The smallest absolute Gasteiger partial charge is 0.227 e. The zero-order valence-corrected chi connectivity index (χ0v) is 13.2. The molecule has 2 heterocycles. The van der Waals surface area contributed by atoms with E-state index < -0.39 is 0 Å². The highest BCUT2D eigenvalue weighted by atomic mass is 16.5. The zero-order valence-electron chi connectivity index (χ0n) is 13.2. The molecule has 0 saturated carbocycles. The van der Waals surface area contributed by atoms with Gasteiger partial charge in [0.2, 0.25) is 5.91 Å². The summed E-state index contributed by atoms with van der Waals surface area (Å²) in [5, 5.41) is 6.78. The summed E-state index contributed by atoms with van der Waals surface area (Å²) < 4.78 is 7.11. The number of hydrogen-bond donors (Lipinski definition) is 1. The van der Waals surface area contributed by atoms with Crippen LogP contribution < -0.4 is 10.1 Å². The van der Waals surface area contributed by atoms with Crippen LogP contribution in [-0.2, 0) is 4.79 Å². The summed E-state index contributed by atoms with van der Waals surface area (Å²) in [4.78, 5) is 20.0. The lowest BCUT2D eigenvalue weighted by Gasteiger charge is -2.08. The molecule has 7 nitrogen and oxygen atoms in total. The first kappa shape index (κ1) is 15.7. The van der Waals surface area contributed by atoms with E-state index in [0.717, 1.165) is 11.3 Å². The summed E-state index contributed by atoms with van der Waals surface area (Å²) in [6.45, 7) is 2.31. The van der Waals surface area contributed by atoms with Gasteiger partial charge in [0.15, 0.2) is 5.82 Å². The molecule has 0 aliphatic carbocycles. The van der Waals surface area contributed by atoms with E-state index in [1.54, 1.807) is 29.3 Å². The summed E-state index contributed by atoms with van der Waals surface area (Å²) in [7, 11) is 0. The van der Waals surface area contributed by atoms with Crippen LogP contribution in [0.2, 0.25) is 0 Å². The Morgan fingerprint density at radius 3 is 2.92 bits per heavy atom. The number of pyridine rings is 1. The van der Waals surface area contributed by atoms with Crippen molar-refractivity contribution in [3.05, 3.63) is 60.8 Å². The van der Waals surface area contributed by atoms with Gasteiger partial charge in [-0.2, -0.15) is 5.10 Å². The first-order chi connectivity index (χ1) is 11.7. The van der Waals surface area contributed by atoms with Crippen molar-refractivity contribution in [1.29, 1.82) is 0 Å². The van der Waals surface area contributed by atoms with E-state index in [0.29, 0.717) is 18.1 Å². The molecule has 0 aliphatic rings. The molecule has 7 heteroatoms. The lowest BCUT2D eigenvalue weighted by molar-refractivity contribution is -0.116. The Morgan fingerprint density at radius 2 is 2.21 bits per heavy atom. The SMILES string of the molecule is Cc1cccc(OCCC(=O)Nc2ccc(-n3cncn3)nc2)c1. The van der Waals surface area contributed by atoms with Crippen molar-refractivity contribution in [3.8, 4) is 11.6 Å². The van der Waals surface area contributed by atoms with E-state index in [-0.39, 0.29) is 12.3 Å². The van der Waals surface area contributed by atoms with Crippen molar-refractivity contribution < 1.29 is 9.53 Å². The number of nitrogens with zero attached hydrogens (tertiary/aromatic N) is 4. The lowest BCUT2D eigenvalue weighted by Crippen LogP contribution is -2.15. The summed E-state index contributed by atoms with van der Waals surface area (Å²) in [5.41, 5.74) is 1.75. The summed E-state index contributed by atoms with van der Waals surface area (Å²) >= 11 is 0. The Kier molecular flexibility index (Phi) is 4.81. The number of carbonyl (C=O) groups excluding carboxylic acids is 1. The van der Waals surface area contributed by atoms with Gasteiger partial charge in [0, 0.05) is 0 Å². The van der Waals surface area contributed by atoms with Crippen LogP contribution in [0.1, 0.15) is 12.0 Å². The van der Waals surface area contributed by atoms with Crippen LogP contribution >= 0.6 is 0 Å². The number of aryl methyl sites for hydroxylation is 1. The molecule has 1 amide bonds. The Balaban J connectivity index is 1.48. The molecule has 0 radical (unpaired) electrons. The molecule has 0 fully saturated rings. The number of carbonyl (C=O) groups is 1. The first-order valence-electron chi connectivity index (χ1n) is 7.51. The van der Waals surface area contributed by atoms with Crippen molar-refractivity contribution in [1.82, 2.24) is 19.7 Å². The normalized spacial score (nSPS) is 10.4. The molecule has 1 aromatic carbocycles. The Bertz CT molecular complexity index is 800. The molecule has 1 N–H and O–H groups in total. The van der Waals surface area contributed by atoms with Gasteiger partial charge in [-0.25, -0.2) is 14.6 Å². The fourth-order valence-corrected chi connectivity index (χ4v) is 2.11. The average Bonchev–Trinajstić information content (AvgIpc) is 3.10. The lowest BCUT2D eigenvalue weighted by atomic mass is 10.2. The predicted molar refractivity (Wildman–Crippen MR) is 89.1 cm³/mol. The van der Waals surface area contributed by atoms with Crippen LogP contribution in [0.25, 0.3) is 5.82 Å². The standard InChI is InChI=1S/C17H17N5O2/c1-13-3-2-4-15(9-13)24-8-7-17(23)21-14-5-6-16(19-10-14)22-12-18-11-20-22/h2-6,9-12H,7-8H2,1H3,(H,21,23). The predicted octanol–water partition coefficient (Wildman–Crippen LogP) is 2.38. The van der Waals surface area contributed by atoms with Gasteiger partial charge >= 0.3 is 0 Å². The second kappa shape index (κ2) is 7.36. The molecule has 0 spiro atoms. The Labute approximate surface area is 139 Å². The number of benzene rings is 1. The summed E-state index contributed by atoms with van der Waals surface area (Å²) in [6, 6.07) is 11.3. The third kappa shape index (κ3) is 4.16. The fraction of sp³-hybridized carbons (Fsp3) is 0.176. The number of nitrogens with one attached hydrogen (secondary N) is 1. The van der Waals surface area contributed by atoms with E-state index in [1.807, 2.05) is 31.2 Å². The van der Waals surface area contributed by atoms with Crippen molar-refractivity contribution in [2.75, 3.05) is 11.9 Å². The number of ether oxygens (including phenoxy) is 1. The topological polar surface area (TPSA) is 81.9 Å². The van der Waals surface area contributed by atoms with Crippen molar-refractivity contribution >= 4 is 11.6 Å². The molecular weight excluding hydrogens is 306 g/mol. The van der Waals surface area contributed by atoms with Gasteiger partial charge < -0.3 is 10.1 Å². The monoisotopic (exact) mass is 323 g/mol. The minimum absolute atomic E-state index is 0.127. The number of aromatic nitrogens is 4. The van der Waals surface area contributed by atoms with E-state index >= 15 is 0 Å². The van der Waals surface area contributed by atoms with Crippen molar-refractivity contribution in [3.63, 3.8) is 0 Å². The van der Waals surface area contributed by atoms with E-state index in [4.69, 9.17) is 4.74 Å². The van der Waals surface area contributed by atoms with Gasteiger partial charge in [-0.05, 0) is 36.8 Å². The highest BCUT2D eigenvalue weighted by molar-refractivity contribution is 5.90. The minimum atomic E-state index is -0.127. The number of amides is 1. The molecular formula is C17H17N5O2. The highest BCUT2D eigenvalue weighted by Gasteiger charge is 2.05. The number of anilines is 1. The maximum atomic E-state index is 11.9. The van der Waals surface area contributed by atoms with E-state index in [9.17, 15) is 4.79 Å². The Morgan fingerprint density at radius 1 is 1.29 bits per heavy atom. The van der Waals surface area contributed by atoms with Crippen molar-refractivity contribution in [2.45, 2.75) is 13.3 Å². The first-order valence-corrected chi connectivity index (χ1v) is 7.51. The minimum Gasteiger partial charge on any atom is -0.493 e. The zero-order chi connectivity index (χ0) is 16.8. The maximum Gasteiger partial charge on any atom is 0.227 e. The van der Waals surface area contributed by atoms with Crippen LogP contribution in [0, 0.1) is 6.92 Å². The quantitative estimate of drug-likeness (QED) is 0.753. The number of hydrogen-bond acceptors (Lipinski definition) is 5. The molecule has 0 unspecified atom stereocenters. The fourth-order valence-electron chi connectivity index (χ4n) is 2.11.